The van der Waals surface area contributed by atoms with Crippen LogP contribution in [0.2, 0.25) is 0 Å². The number of hydrogen-bond donors (Lipinski definition) is 2. The Kier molecular flexibility index (Phi) is 3.65. The molecule has 0 amide bonds. The molecule has 0 radical (unpaired) electrons. The Morgan fingerprint density at radius 3 is 2.84 bits per heavy atom. The third-order valence-corrected chi connectivity index (χ3v) is 4.31. The summed E-state index contributed by atoms with van der Waals surface area (Å²) in [5.74, 6) is 0.157. The van der Waals surface area contributed by atoms with E-state index >= 15 is 0 Å². The zero-order valence-corrected chi connectivity index (χ0v) is 13.5. The highest BCUT2D eigenvalue weighted by Crippen LogP contribution is 2.36. The van der Waals surface area contributed by atoms with Gasteiger partial charge in [-0.1, -0.05) is 6.07 Å². The van der Waals surface area contributed by atoms with E-state index in [1.54, 1.807) is 30.7 Å². The van der Waals surface area contributed by atoms with Crippen molar-refractivity contribution < 1.29 is 14.2 Å². The summed E-state index contributed by atoms with van der Waals surface area (Å²) in [6.45, 7) is 0. The number of aromatic nitrogens is 3. The van der Waals surface area contributed by atoms with Crippen molar-refractivity contribution in [2.24, 2.45) is 0 Å². The van der Waals surface area contributed by atoms with Crippen molar-refractivity contribution in [2.45, 2.75) is 6.04 Å². The topological polar surface area (TPSA) is 63.1 Å². The molecule has 5 nitrogen and oxygen atoms in total. The van der Waals surface area contributed by atoms with Gasteiger partial charge < -0.3 is 19.4 Å². The normalized spacial score (nSPS) is 12.4. The molecule has 0 spiro atoms. The first-order chi connectivity index (χ1) is 12.2. The minimum Gasteiger partial charge on any atom is -0.504 e. The van der Waals surface area contributed by atoms with Crippen LogP contribution in [0.3, 0.4) is 0 Å². The summed E-state index contributed by atoms with van der Waals surface area (Å²) in [4.78, 5) is 7.30. The number of aromatic hydroxyl groups is 1. The monoisotopic (exact) mass is 337 g/mol. The van der Waals surface area contributed by atoms with Crippen molar-refractivity contribution >= 4 is 10.9 Å². The van der Waals surface area contributed by atoms with Crippen LogP contribution in [0.4, 0.5) is 4.39 Å². The molecule has 1 atom stereocenters. The second-order valence-corrected chi connectivity index (χ2v) is 5.78. The van der Waals surface area contributed by atoms with Gasteiger partial charge >= 0.3 is 0 Å². The molecule has 126 valence electrons. The van der Waals surface area contributed by atoms with Crippen molar-refractivity contribution in [1.82, 2.24) is 14.5 Å². The Bertz CT molecular complexity index is 1020. The predicted molar refractivity (Wildman–Crippen MR) is 92.4 cm³/mol. The lowest BCUT2D eigenvalue weighted by Gasteiger charge is -2.19. The average molecular weight is 337 g/mol. The molecule has 0 aliphatic carbocycles. The molecule has 0 bridgehead atoms. The van der Waals surface area contributed by atoms with Gasteiger partial charge in [-0.2, -0.15) is 0 Å². The summed E-state index contributed by atoms with van der Waals surface area (Å²) >= 11 is 0. The Morgan fingerprint density at radius 1 is 1.24 bits per heavy atom. The van der Waals surface area contributed by atoms with Gasteiger partial charge in [-0.05, 0) is 35.9 Å². The quantitative estimate of drug-likeness (QED) is 0.594. The molecule has 4 aromatic rings. The van der Waals surface area contributed by atoms with Crippen molar-refractivity contribution in [3.05, 3.63) is 78.3 Å². The first-order valence-corrected chi connectivity index (χ1v) is 7.78. The number of ether oxygens (including phenoxy) is 1. The smallest absolute Gasteiger partial charge is 0.160 e. The van der Waals surface area contributed by atoms with Crippen molar-refractivity contribution in [2.75, 3.05) is 7.11 Å². The van der Waals surface area contributed by atoms with Gasteiger partial charge in [0.25, 0.3) is 0 Å². The fourth-order valence-electron chi connectivity index (χ4n) is 3.15. The molecule has 0 fully saturated rings. The maximum absolute atomic E-state index is 13.8. The number of halogens is 1. The number of hydrogen-bond acceptors (Lipinski definition) is 3. The molecule has 2 heterocycles. The highest BCUT2D eigenvalue weighted by molar-refractivity contribution is 5.84. The molecule has 0 aliphatic rings. The molecule has 25 heavy (non-hydrogen) atoms. The number of imidazole rings is 1. The van der Waals surface area contributed by atoms with Crippen LogP contribution in [-0.4, -0.2) is 26.8 Å². The first-order valence-electron chi connectivity index (χ1n) is 7.78. The number of nitrogens with one attached hydrogen (secondary N) is 1. The number of phenolic OH excluding ortho intramolecular Hbond substituents is 1. The number of fused-ring (bicyclic) bond motifs is 1. The summed E-state index contributed by atoms with van der Waals surface area (Å²) < 4.78 is 20.8. The lowest BCUT2D eigenvalue weighted by Crippen LogP contribution is -2.10. The molecule has 0 saturated heterocycles. The second-order valence-electron chi connectivity index (χ2n) is 5.78. The van der Waals surface area contributed by atoms with E-state index in [1.807, 2.05) is 23.0 Å². The molecule has 0 saturated carbocycles. The number of phenols is 1. The van der Waals surface area contributed by atoms with Crippen molar-refractivity contribution in [3.8, 4) is 11.5 Å². The molecule has 2 aromatic heterocycles. The second kappa shape index (κ2) is 5.98. The number of nitrogens with zero attached hydrogens (tertiary/aromatic N) is 2. The lowest BCUT2D eigenvalue weighted by molar-refractivity contribution is 0.372. The van der Waals surface area contributed by atoms with Gasteiger partial charge in [0, 0.05) is 35.1 Å². The van der Waals surface area contributed by atoms with Crippen LogP contribution in [-0.2, 0) is 0 Å². The SMILES string of the molecule is COc1ccc(C(c2c[nH]c3ccc(F)cc23)n2ccnc2)cc1O. The maximum atomic E-state index is 13.8. The van der Waals surface area contributed by atoms with Gasteiger partial charge in [0.05, 0.1) is 19.5 Å². The van der Waals surface area contributed by atoms with E-state index in [4.69, 9.17) is 4.74 Å². The zero-order chi connectivity index (χ0) is 17.4. The molecule has 2 aromatic carbocycles. The minimum atomic E-state index is -0.296. The van der Waals surface area contributed by atoms with E-state index in [0.29, 0.717) is 5.75 Å². The standard InChI is InChI=1S/C19H16FN3O2/c1-25-18-5-2-12(8-17(18)24)19(23-7-6-21-11-23)15-10-22-16-4-3-13(20)9-14(15)16/h2-11,19,22,24H,1H3. The van der Waals surface area contributed by atoms with E-state index in [0.717, 1.165) is 22.0 Å². The summed E-state index contributed by atoms with van der Waals surface area (Å²) in [6, 6.07) is 9.62. The van der Waals surface area contributed by atoms with E-state index in [9.17, 15) is 9.50 Å². The van der Waals surface area contributed by atoms with Crippen molar-refractivity contribution in [3.63, 3.8) is 0 Å². The van der Waals surface area contributed by atoms with Crippen LogP contribution in [0, 0.1) is 5.82 Å². The van der Waals surface area contributed by atoms with Crippen LogP contribution in [0.25, 0.3) is 10.9 Å². The lowest BCUT2D eigenvalue weighted by atomic mass is 9.97. The Balaban J connectivity index is 1.93. The first kappa shape index (κ1) is 15.3. The molecule has 2 N–H and O–H groups in total. The van der Waals surface area contributed by atoms with Gasteiger partial charge in [0.1, 0.15) is 5.82 Å². The Labute approximate surface area is 143 Å². The van der Waals surface area contributed by atoms with E-state index < -0.39 is 0 Å². The van der Waals surface area contributed by atoms with Gasteiger partial charge in [0.15, 0.2) is 11.5 Å². The summed E-state index contributed by atoms with van der Waals surface area (Å²) in [7, 11) is 1.50. The van der Waals surface area contributed by atoms with Crippen LogP contribution < -0.4 is 4.74 Å². The van der Waals surface area contributed by atoms with Crippen LogP contribution >= 0.6 is 0 Å². The number of aromatic amines is 1. The third-order valence-electron chi connectivity index (χ3n) is 4.31. The summed E-state index contributed by atoms with van der Waals surface area (Å²) in [6.07, 6.45) is 7.08. The molecule has 4 rings (SSSR count). The molecular formula is C19H16FN3O2. The minimum absolute atomic E-state index is 0.0520. The zero-order valence-electron chi connectivity index (χ0n) is 13.5. The fraction of sp³-hybridized carbons (Fsp3) is 0.105. The van der Waals surface area contributed by atoms with Gasteiger partial charge in [-0.25, -0.2) is 9.37 Å². The molecule has 0 aliphatic heterocycles. The van der Waals surface area contributed by atoms with E-state index in [1.165, 1.54) is 19.2 Å². The maximum Gasteiger partial charge on any atom is 0.160 e. The number of methoxy groups -OCH3 is 1. The van der Waals surface area contributed by atoms with Gasteiger partial charge in [-0.15, -0.1) is 0 Å². The van der Waals surface area contributed by atoms with E-state index in [2.05, 4.69) is 9.97 Å². The Morgan fingerprint density at radius 2 is 2.12 bits per heavy atom. The molecule has 6 heteroatoms. The highest BCUT2D eigenvalue weighted by Gasteiger charge is 2.21. The fourth-order valence-corrected chi connectivity index (χ4v) is 3.15. The predicted octanol–water partition coefficient (Wildman–Crippen LogP) is 3.86. The average Bonchev–Trinajstić information content (AvgIpc) is 3.26. The van der Waals surface area contributed by atoms with Crippen LogP contribution in [0.1, 0.15) is 17.2 Å². The molecular weight excluding hydrogens is 321 g/mol. The van der Waals surface area contributed by atoms with Gasteiger partial charge in [0.2, 0.25) is 0 Å². The number of H-pyrrole nitrogens is 1. The van der Waals surface area contributed by atoms with Crippen LogP contribution in [0.15, 0.2) is 61.3 Å². The highest BCUT2D eigenvalue weighted by atomic mass is 19.1. The Hall–Kier alpha value is -3.28. The summed E-state index contributed by atoms with van der Waals surface area (Å²) in [5.41, 5.74) is 2.57. The largest absolute Gasteiger partial charge is 0.504 e. The third kappa shape index (κ3) is 2.61. The van der Waals surface area contributed by atoms with Crippen LogP contribution in [0.5, 0.6) is 11.5 Å². The molecule has 1 unspecified atom stereocenters. The number of rotatable bonds is 4. The number of benzene rings is 2. The van der Waals surface area contributed by atoms with Gasteiger partial charge in [-0.3, -0.25) is 0 Å². The van der Waals surface area contributed by atoms with Crippen molar-refractivity contribution in [1.29, 1.82) is 0 Å². The summed E-state index contributed by atoms with van der Waals surface area (Å²) in [5, 5.41) is 11.0. The van der Waals surface area contributed by atoms with E-state index in [-0.39, 0.29) is 17.6 Å².